The molecule has 0 atom stereocenters. The number of aromatic nitrogens is 2. The zero-order valence-electron chi connectivity index (χ0n) is 10.9. The molecular formula is C15H15N3O. The van der Waals surface area contributed by atoms with E-state index in [1.807, 2.05) is 43.4 Å². The number of ether oxygens (including phenoxy) is 1. The summed E-state index contributed by atoms with van der Waals surface area (Å²) in [5.74, 6) is 1.58. The van der Waals surface area contributed by atoms with Gasteiger partial charge in [0.05, 0.1) is 23.8 Å². The summed E-state index contributed by atoms with van der Waals surface area (Å²) in [5, 5.41) is 0. The Bertz CT molecular complexity index is 746. The summed E-state index contributed by atoms with van der Waals surface area (Å²) < 4.78 is 7.24. The predicted octanol–water partition coefficient (Wildman–Crippen LogP) is 2.83. The van der Waals surface area contributed by atoms with Gasteiger partial charge in [0.25, 0.3) is 0 Å². The molecule has 1 aromatic heterocycles. The molecule has 2 N–H and O–H groups in total. The molecule has 0 unspecified atom stereocenters. The number of nitrogen functional groups attached to an aromatic ring is 1. The number of nitrogens with two attached hydrogens (primary N) is 1. The fourth-order valence-corrected chi connectivity index (χ4v) is 2.28. The van der Waals surface area contributed by atoms with Crippen molar-refractivity contribution in [2.24, 2.45) is 7.05 Å². The monoisotopic (exact) mass is 253 g/mol. The van der Waals surface area contributed by atoms with E-state index >= 15 is 0 Å². The second-order valence-corrected chi connectivity index (χ2v) is 4.44. The van der Waals surface area contributed by atoms with Crippen molar-refractivity contribution in [1.29, 1.82) is 0 Å². The molecule has 4 heteroatoms. The molecule has 0 amide bonds. The minimum Gasteiger partial charge on any atom is -0.495 e. The molecule has 0 saturated heterocycles. The van der Waals surface area contributed by atoms with Crippen molar-refractivity contribution in [3.8, 4) is 17.1 Å². The topological polar surface area (TPSA) is 53.1 Å². The molecule has 1 heterocycles. The van der Waals surface area contributed by atoms with Crippen LogP contribution in [0.4, 0.5) is 5.69 Å². The first-order valence-corrected chi connectivity index (χ1v) is 6.06. The number of fused-ring (bicyclic) bond motifs is 1. The Morgan fingerprint density at radius 1 is 1.16 bits per heavy atom. The Kier molecular flexibility index (Phi) is 2.63. The van der Waals surface area contributed by atoms with Crippen LogP contribution in [-0.2, 0) is 7.05 Å². The summed E-state index contributed by atoms with van der Waals surface area (Å²) in [4.78, 5) is 4.65. The van der Waals surface area contributed by atoms with Gasteiger partial charge in [0, 0.05) is 12.6 Å². The highest BCUT2D eigenvalue weighted by molar-refractivity contribution is 5.81. The maximum atomic E-state index is 5.95. The number of benzene rings is 2. The minimum atomic E-state index is 0.618. The molecule has 4 nitrogen and oxygen atoms in total. The van der Waals surface area contributed by atoms with Gasteiger partial charge in [0.15, 0.2) is 0 Å². The molecule has 0 spiro atoms. The van der Waals surface area contributed by atoms with Crippen molar-refractivity contribution >= 4 is 16.7 Å². The predicted molar refractivity (Wildman–Crippen MR) is 77.1 cm³/mol. The fourth-order valence-electron chi connectivity index (χ4n) is 2.28. The van der Waals surface area contributed by atoms with E-state index in [2.05, 4.69) is 15.6 Å². The maximum Gasteiger partial charge on any atom is 0.141 e. The van der Waals surface area contributed by atoms with E-state index in [-0.39, 0.29) is 0 Å². The van der Waals surface area contributed by atoms with Gasteiger partial charge < -0.3 is 15.0 Å². The van der Waals surface area contributed by atoms with Crippen molar-refractivity contribution in [3.05, 3.63) is 42.5 Å². The van der Waals surface area contributed by atoms with Gasteiger partial charge in [0.2, 0.25) is 0 Å². The molecule has 3 rings (SSSR count). The molecule has 0 aliphatic heterocycles. The van der Waals surface area contributed by atoms with E-state index in [9.17, 15) is 0 Å². The van der Waals surface area contributed by atoms with Crippen LogP contribution in [0.25, 0.3) is 22.4 Å². The number of para-hydroxylation sites is 2. The maximum absolute atomic E-state index is 5.95. The van der Waals surface area contributed by atoms with E-state index in [0.29, 0.717) is 11.4 Å². The highest BCUT2D eigenvalue weighted by Gasteiger charge is 2.10. The quantitative estimate of drug-likeness (QED) is 0.714. The van der Waals surface area contributed by atoms with Crippen LogP contribution in [0.2, 0.25) is 0 Å². The van der Waals surface area contributed by atoms with Crippen LogP contribution in [0.15, 0.2) is 42.5 Å². The van der Waals surface area contributed by atoms with Crippen molar-refractivity contribution in [2.75, 3.05) is 12.8 Å². The summed E-state index contributed by atoms with van der Waals surface area (Å²) >= 11 is 0. The number of imidazole rings is 1. The van der Waals surface area contributed by atoms with Gasteiger partial charge in [-0.25, -0.2) is 4.98 Å². The van der Waals surface area contributed by atoms with Gasteiger partial charge >= 0.3 is 0 Å². The Hall–Kier alpha value is -2.49. The number of aryl methyl sites for hydroxylation is 1. The van der Waals surface area contributed by atoms with Crippen LogP contribution in [-0.4, -0.2) is 16.7 Å². The third-order valence-corrected chi connectivity index (χ3v) is 3.28. The van der Waals surface area contributed by atoms with Crippen molar-refractivity contribution < 1.29 is 4.74 Å². The number of methoxy groups -OCH3 is 1. The molecule has 0 radical (unpaired) electrons. The molecule has 19 heavy (non-hydrogen) atoms. The van der Waals surface area contributed by atoms with Gasteiger partial charge in [0.1, 0.15) is 11.6 Å². The highest BCUT2D eigenvalue weighted by Crippen LogP contribution is 2.29. The molecule has 0 aliphatic carbocycles. The summed E-state index contributed by atoms with van der Waals surface area (Å²) in [7, 11) is 3.62. The number of nitrogens with zero attached hydrogens (tertiary/aromatic N) is 2. The average Bonchev–Trinajstić information content (AvgIpc) is 2.77. The highest BCUT2D eigenvalue weighted by atomic mass is 16.5. The normalized spacial score (nSPS) is 10.8. The second-order valence-electron chi connectivity index (χ2n) is 4.44. The van der Waals surface area contributed by atoms with Crippen LogP contribution in [0.5, 0.6) is 5.75 Å². The first-order valence-electron chi connectivity index (χ1n) is 6.06. The first-order chi connectivity index (χ1) is 9.20. The molecule has 3 aromatic rings. The minimum absolute atomic E-state index is 0.618. The lowest BCUT2D eigenvalue weighted by Crippen LogP contribution is -1.96. The van der Waals surface area contributed by atoms with Crippen LogP contribution < -0.4 is 10.5 Å². The summed E-state index contributed by atoms with van der Waals surface area (Å²) in [6, 6.07) is 13.8. The molecular weight excluding hydrogens is 238 g/mol. The Morgan fingerprint density at radius 2 is 1.95 bits per heavy atom. The van der Waals surface area contributed by atoms with E-state index in [1.165, 1.54) is 0 Å². The summed E-state index contributed by atoms with van der Waals surface area (Å²) in [5.41, 5.74) is 9.64. The molecule has 0 saturated carbocycles. The van der Waals surface area contributed by atoms with Gasteiger partial charge in [-0.1, -0.05) is 12.1 Å². The smallest absolute Gasteiger partial charge is 0.141 e. The number of hydrogen-bond acceptors (Lipinski definition) is 3. The van der Waals surface area contributed by atoms with Gasteiger partial charge in [-0.05, 0) is 30.3 Å². The fraction of sp³-hybridized carbons (Fsp3) is 0.133. The summed E-state index contributed by atoms with van der Waals surface area (Å²) in [6.07, 6.45) is 0. The third-order valence-electron chi connectivity index (χ3n) is 3.28. The molecule has 96 valence electrons. The van der Waals surface area contributed by atoms with Gasteiger partial charge in [-0.3, -0.25) is 0 Å². The third kappa shape index (κ3) is 1.81. The Morgan fingerprint density at radius 3 is 2.63 bits per heavy atom. The van der Waals surface area contributed by atoms with Crippen LogP contribution in [0.1, 0.15) is 0 Å². The van der Waals surface area contributed by atoms with Crippen molar-refractivity contribution in [3.63, 3.8) is 0 Å². The second kappa shape index (κ2) is 4.31. The molecule has 0 bridgehead atoms. The Balaban J connectivity index is 2.19. The number of rotatable bonds is 2. The zero-order valence-corrected chi connectivity index (χ0v) is 10.9. The van der Waals surface area contributed by atoms with Crippen molar-refractivity contribution in [1.82, 2.24) is 9.55 Å². The molecule has 0 aliphatic rings. The molecule has 2 aromatic carbocycles. The lowest BCUT2D eigenvalue weighted by Gasteiger charge is -2.07. The van der Waals surface area contributed by atoms with E-state index in [4.69, 9.17) is 10.5 Å². The first kappa shape index (κ1) is 11.6. The standard InChI is InChI=1S/C15H15N3O/c1-18-13-6-4-3-5-12(13)17-15(18)10-7-8-14(19-2)11(16)9-10/h3-9H,16H2,1-2H3. The van der Waals surface area contributed by atoms with Crippen LogP contribution >= 0.6 is 0 Å². The Labute approximate surface area is 111 Å². The lowest BCUT2D eigenvalue weighted by atomic mass is 10.2. The molecule has 0 fully saturated rings. The number of anilines is 1. The zero-order chi connectivity index (χ0) is 13.4. The van der Waals surface area contributed by atoms with E-state index in [0.717, 1.165) is 22.4 Å². The number of hydrogen-bond donors (Lipinski definition) is 1. The largest absolute Gasteiger partial charge is 0.495 e. The van der Waals surface area contributed by atoms with E-state index in [1.54, 1.807) is 7.11 Å². The SMILES string of the molecule is COc1ccc(-c2nc3ccccc3n2C)cc1N. The average molecular weight is 253 g/mol. The van der Waals surface area contributed by atoms with Crippen LogP contribution in [0, 0.1) is 0 Å². The van der Waals surface area contributed by atoms with Gasteiger partial charge in [-0.15, -0.1) is 0 Å². The van der Waals surface area contributed by atoms with E-state index < -0.39 is 0 Å². The van der Waals surface area contributed by atoms with Gasteiger partial charge in [-0.2, -0.15) is 0 Å². The van der Waals surface area contributed by atoms with Crippen molar-refractivity contribution in [2.45, 2.75) is 0 Å². The summed E-state index contributed by atoms with van der Waals surface area (Å²) in [6.45, 7) is 0. The lowest BCUT2D eigenvalue weighted by molar-refractivity contribution is 0.417. The van der Waals surface area contributed by atoms with Crippen LogP contribution in [0.3, 0.4) is 0 Å².